The number of nitrogens with two attached hydrogens (primary N) is 1. The van der Waals surface area contributed by atoms with Crippen molar-refractivity contribution in [2.45, 2.75) is 13.3 Å². The van der Waals surface area contributed by atoms with Crippen molar-refractivity contribution in [2.24, 2.45) is 0 Å². The molecule has 1 aromatic heterocycles. The molecule has 3 N–H and O–H groups in total. The first kappa shape index (κ1) is 15.6. The first-order valence-electron chi connectivity index (χ1n) is 6.55. The number of anilines is 3. The zero-order valence-electron chi connectivity index (χ0n) is 11.9. The Morgan fingerprint density at radius 2 is 2.29 bits per heavy atom. The standard InChI is InChI=1S/C14H17ClN4OS/c1-3-7-19(2)14-18-12(16)11(21-14)13(20)17-10-6-4-5-9(15)8-10/h4-6,8H,3,7,16H2,1-2H3,(H,17,20). The molecular formula is C14H17ClN4OS. The van der Waals surface area contributed by atoms with E-state index in [9.17, 15) is 4.79 Å². The zero-order chi connectivity index (χ0) is 15.4. The molecule has 2 aromatic rings. The van der Waals surface area contributed by atoms with Crippen LogP contribution in [0.1, 0.15) is 23.0 Å². The molecule has 0 radical (unpaired) electrons. The fourth-order valence-corrected chi connectivity index (χ4v) is 2.89. The number of nitrogens with one attached hydrogen (secondary N) is 1. The van der Waals surface area contributed by atoms with Crippen LogP contribution in [-0.2, 0) is 0 Å². The molecule has 0 aliphatic rings. The van der Waals surface area contributed by atoms with E-state index in [0.29, 0.717) is 15.6 Å². The second-order valence-corrected chi connectivity index (χ2v) is 6.01. The van der Waals surface area contributed by atoms with Gasteiger partial charge in [-0.15, -0.1) is 0 Å². The number of benzene rings is 1. The number of aromatic nitrogens is 1. The lowest BCUT2D eigenvalue weighted by Crippen LogP contribution is -2.17. The second kappa shape index (κ2) is 6.78. The minimum atomic E-state index is -0.275. The number of nitrogens with zero attached hydrogens (tertiary/aromatic N) is 2. The maximum Gasteiger partial charge on any atom is 0.269 e. The molecular weight excluding hydrogens is 308 g/mol. The van der Waals surface area contributed by atoms with Crippen LogP contribution in [0.3, 0.4) is 0 Å². The van der Waals surface area contributed by atoms with Crippen LogP contribution in [-0.4, -0.2) is 24.5 Å². The number of thiazole rings is 1. The summed E-state index contributed by atoms with van der Waals surface area (Å²) >= 11 is 7.18. The van der Waals surface area contributed by atoms with Gasteiger partial charge in [-0.05, 0) is 24.6 Å². The van der Waals surface area contributed by atoms with E-state index in [-0.39, 0.29) is 11.7 Å². The van der Waals surface area contributed by atoms with E-state index in [1.807, 2.05) is 11.9 Å². The Bertz CT molecular complexity index is 644. The van der Waals surface area contributed by atoms with Crippen molar-refractivity contribution in [3.8, 4) is 0 Å². The first-order chi connectivity index (χ1) is 10.0. The van der Waals surface area contributed by atoms with Gasteiger partial charge in [-0.1, -0.05) is 35.9 Å². The summed E-state index contributed by atoms with van der Waals surface area (Å²) in [5, 5.41) is 4.08. The number of rotatable bonds is 5. The highest BCUT2D eigenvalue weighted by Crippen LogP contribution is 2.28. The van der Waals surface area contributed by atoms with Gasteiger partial charge in [0.15, 0.2) is 5.13 Å². The topological polar surface area (TPSA) is 71.2 Å². The molecule has 0 saturated heterocycles. The van der Waals surface area contributed by atoms with Gasteiger partial charge in [-0.3, -0.25) is 4.79 Å². The van der Waals surface area contributed by atoms with Gasteiger partial charge in [0.05, 0.1) is 0 Å². The Morgan fingerprint density at radius 3 is 2.95 bits per heavy atom. The van der Waals surface area contributed by atoms with E-state index < -0.39 is 0 Å². The summed E-state index contributed by atoms with van der Waals surface area (Å²) in [6.07, 6.45) is 1.00. The molecule has 1 aromatic carbocycles. The fraction of sp³-hybridized carbons (Fsp3) is 0.286. The summed E-state index contributed by atoms with van der Waals surface area (Å²) in [6.45, 7) is 2.95. The van der Waals surface area contributed by atoms with Crippen molar-refractivity contribution in [3.05, 3.63) is 34.2 Å². The van der Waals surface area contributed by atoms with Gasteiger partial charge in [0.1, 0.15) is 10.7 Å². The number of hydrogen-bond donors (Lipinski definition) is 2. The van der Waals surface area contributed by atoms with Crippen molar-refractivity contribution < 1.29 is 4.79 Å². The predicted molar refractivity (Wildman–Crippen MR) is 89.5 cm³/mol. The van der Waals surface area contributed by atoms with Crippen LogP contribution in [0.2, 0.25) is 5.02 Å². The van der Waals surface area contributed by atoms with E-state index in [4.69, 9.17) is 17.3 Å². The molecule has 7 heteroatoms. The van der Waals surface area contributed by atoms with Gasteiger partial charge in [0.2, 0.25) is 0 Å². The lowest BCUT2D eigenvalue weighted by atomic mass is 10.3. The number of amides is 1. The lowest BCUT2D eigenvalue weighted by Gasteiger charge is -2.13. The Labute approximate surface area is 132 Å². The SMILES string of the molecule is CCCN(C)c1nc(N)c(C(=O)Nc2cccc(Cl)c2)s1. The summed E-state index contributed by atoms with van der Waals surface area (Å²) in [6, 6.07) is 6.97. The summed E-state index contributed by atoms with van der Waals surface area (Å²) < 4.78 is 0. The highest BCUT2D eigenvalue weighted by Gasteiger charge is 2.18. The molecule has 0 bridgehead atoms. The van der Waals surface area contributed by atoms with Crippen molar-refractivity contribution in [1.82, 2.24) is 4.98 Å². The van der Waals surface area contributed by atoms with E-state index in [1.165, 1.54) is 11.3 Å². The molecule has 0 aliphatic heterocycles. The van der Waals surface area contributed by atoms with Gasteiger partial charge in [0.25, 0.3) is 5.91 Å². The highest BCUT2D eigenvalue weighted by atomic mass is 35.5. The monoisotopic (exact) mass is 324 g/mol. The van der Waals surface area contributed by atoms with Crippen LogP contribution in [0.25, 0.3) is 0 Å². The number of carbonyl (C=O) groups excluding carboxylic acids is 1. The second-order valence-electron chi connectivity index (χ2n) is 4.60. The van der Waals surface area contributed by atoms with Gasteiger partial charge >= 0.3 is 0 Å². The first-order valence-corrected chi connectivity index (χ1v) is 7.75. The molecule has 21 heavy (non-hydrogen) atoms. The molecule has 2 rings (SSSR count). The smallest absolute Gasteiger partial charge is 0.269 e. The maximum atomic E-state index is 12.3. The molecule has 0 spiro atoms. The summed E-state index contributed by atoms with van der Waals surface area (Å²) in [5.74, 6) is -0.0269. The molecule has 0 fully saturated rings. The van der Waals surface area contributed by atoms with Crippen LogP contribution in [0.15, 0.2) is 24.3 Å². The van der Waals surface area contributed by atoms with E-state index in [1.54, 1.807) is 24.3 Å². The van der Waals surface area contributed by atoms with Crippen molar-refractivity contribution in [3.63, 3.8) is 0 Å². The van der Waals surface area contributed by atoms with E-state index in [2.05, 4.69) is 17.2 Å². The Morgan fingerprint density at radius 1 is 1.52 bits per heavy atom. The van der Waals surface area contributed by atoms with Crippen molar-refractivity contribution >= 4 is 45.5 Å². The molecule has 0 unspecified atom stereocenters. The fourth-order valence-electron chi connectivity index (χ4n) is 1.83. The quantitative estimate of drug-likeness (QED) is 0.883. The van der Waals surface area contributed by atoms with Crippen LogP contribution < -0.4 is 16.0 Å². The van der Waals surface area contributed by atoms with Gasteiger partial charge < -0.3 is 16.0 Å². The number of carbonyl (C=O) groups is 1. The minimum Gasteiger partial charge on any atom is -0.382 e. The average molecular weight is 325 g/mol. The average Bonchev–Trinajstić information content (AvgIpc) is 2.81. The minimum absolute atomic E-state index is 0.248. The summed E-state index contributed by atoms with van der Waals surface area (Å²) in [4.78, 5) is 18.9. The van der Waals surface area contributed by atoms with Crippen LogP contribution in [0, 0.1) is 0 Å². The molecule has 112 valence electrons. The summed E-state index contributed by atoms with van der Waals surface area (Å²) in [7, 11) is 1.93. The van der Waals surface area contributed by atoms with Crippen LogP contribution in [0.4, 0.5) is 16.6 Å². The Kier molecular flexibility index (Phi) is 5.03. The molecule has 0 atom stereocenters. The number of nitrogen functional groups attached to an aromatic ring is 1. The van der Waals surface area contributed by atoms with E-state index in [0.717, 1.165) is 18.1 Å². The van der Waals surface area contributed by atoms with Crippen LogP contribution >= 0.6 is 22.9 Å². The number of hydrogen-bond acceptors (Lipinski definition) is 5. The van der Waals surface area contributed by atoms with Crippen LogP contribution in [0.5, 0.6) is 0 Å². The van der Waals surface area contributed by atoms with Crippen molar-refractivity contribution in [1.29, 1.82) is 0 Å². The van der Waals surface area contributed by atoms with Gasteiger partial charge in [-0.25, -0.2) is 4.98 Å². The third-order valence-electron chi connectivity index (χ3n) is 2.82. The number of halogens is 1. The molecule has 1 amide bonds. The maximum absolute atomic E-state index is 12.3. The normalized spacial score (nSPS) is 10.4. The third kappa shape index (κ3) is 3.86. The molecule has 0 aliphatic carbocycles. The Hall–Kier alpha value is -1.79. The molecule has 5 nitrogen and oxygen atoms in total. The predicted octanol–water partition coefficient (Wildman–Crippen LogP) is 3.48. The third-order valence-corrected chi connectivity index (χ3v) is 4.24. The highest BCUT2D eigenvalue weighted by molar-refractivity contribution is 7.18. The van der Waals surface area contributed by atoms with Gasteiger partial charge in [0, 0.05) is 24.3 Å². The van der Waals surface area contributed by atoms with Gasteiger partial charge in [-0.2, -0.15) is 0 Å². The zero-order valence-corrected chi connectivity index (χ0v) is 13.5. The summed E-state index contributed by atoms with van der Waals surface area (Å²) in [5.41, 5.74) is 6.47. The van der Waals surface area contributed by atoms with Crippen molar-refractivity contribution in [2.75, 3.05) is 29.5 Å². The van der Waals surface area contributed by atoms with E-state index >= 15 is 0 Å². The molecule has 0 saturated carbocycles. The largest absolute Gasteiger partial charge is 0.382 e. The molecule has 1 heterocycles. The Balaban J connectivity index is 2.16. The lowest BCUT2D eigenvalue weighted by molar-refractivity contribution is 0.103.